The van der Waals surface area contributed by atoms with E-state index >= 15 is 0 Å². The Morgan fingerprint density at radius 1 is 0.720 bits per heavy atom. The molecule has 0 atom stereocenters. The number of unbranched alkanes of at least 4 members (excludes halogenated alkanes) is 9. The fraction of sp³-hybridized carbons (Fsp3) is 1.00. The molecular formula is C17H38NNaO5P+. The maximum absolute atomic E-state index is 11.3. The summed E-state index contributed by atoms with van der Waals surface area (Å²) in [5, 5.41) is 18.4. The summed E-state index contributed by atoms with van der Waals surface area (Å²) >= 11 is 0. The minimum atomic E-state index is -4.43. The van der Waals surface area contributed by atoms with E-state index in [-0.39, 0.29) is 60.3 Å². The summed E-state index contributed by atoms with van der Waals surface area (Å²) in [6.07, 6.45) is 11.6. The molecule has 25 heavy (non-hydrogen) atoms. The number of hydrogen-bond donors (Lipinski definition) is 3. The molecule has 0 fully saturated rings. The second-order valence-electron chi connectivity index (χ2n) is 6.92. The van der Waals surface area contributed by atoms with Crippen LogP contribution in [0.1, 0.15) is 71.1 Å². The third kappa shape index (κ3) is 17.0. The molecular weight excluding hydrogens is 352 g/mol. The Morgan fingerprint density at radius 3 is 1.48 bits per heavy atom. The van der Waals surface area contributed by atoms with E-state index in [1.807, 2.05) is 0 Å². The summed E-state index contributed by atoms with van der Waals surface area (Å²) in [6.45, 7) is 2.95. The molecule has 146 valence electrons. The van der Waals surface area contributed by atoms with Gasteiger partial charge >= 0.3 is 29.6 Å². The van der Waals surface area contributed by atoms with Crippen LogP contribution in [0.15, 0.2) is 0 Å². The largest absolute Gasteiger partial charge is 1.00 e. The summed E-state index contributed by atoms with van der Waals surface area (Å²) in [5.41, 5.74) is 0. The zero-order valence-electron chi connectivity index (χ0n) is 16.4. The molecule has 0 aliphatic rings. The number of quaternary nitrogens is 1. The first-order chi connectivity index (χ1) is 11.4. The van der Waals surface area contributed by atoms with E-state index in [9.17, 15) is 24.9 Å². The Balaban J connectivity index is 0. The molecule has 0 bridgehead atoms. The van der Waals surface area contributed by atoms with Crippen molar-refractivity contribution in [3.05, 3.63) is 0 Å². The smallest absolute Gasteiger partial charge is 0.655 e. The number of hydrogen-bond acceptors (Lipinski definition) is 5. The van der Waals surface area contributed by atoms with E-state index < -0.39 is 14.2 Å². The Hall–Kier alpha value is 1.19. The maximum Gasteiger partial charge on any atom is 1.00 e. The quantitative estimate of drug-likeness (QED) is 0.117. The van der Waals surface area contributed by atoms with Gasteiger partial charge in [0.2, 0.25) is 0 Å². The van der Waals surface area contributed by atoms with Crippen molar-refractivity contribution >= 4 is 7.94 Å². The normalized spacial score (nSPS) is 12.2. The van der Waals surface area contributed by atoms with Crippen LogP contribution in [-0.2, 0) is 0 Å². The van der Waals surface area contributed by atoms with Gasteiger partial charge in [0.25, 0.3) is 0 Å². The van der Waals surface area contributed by atoms with Gasteiger partial charge in [0.1, 0.15) is 21.0 Å². The van der Waals surface area contributed by atoms with Gasteiger partial charge in [0.15, 0.2) is 6.29 Å². The molecule has 8 heteroatoms. The third-order valence-corrected chi connectivity index (χ3v) is 5.57. The summed E-state index contributed by atoms with van der Waals surface area (Å²) in [6, 6.07) is 0. The van der Waals surface area contributed by atoms with E-state index in [0.29, 0.717) is 6.54 Å². The van der Waals surface area contributed by atoms with Crippen LogP contribution in [0.3, 0.4) is 0 Å². The number of aliphatic hydroxyl groups is 2. The van der Waals surface area contributed by atoms with Gasteiger partial charge in [0.05, 0.1) is 19.8 Å². The Morgan fingerprint density at radius 2 is 1.12 bits per heavy atom. The average Bonchev–Trinajstić information content (AvgIpc) is 2.48. The van der Waals surface area contributed by atoms with Gasteiger partial charge < -0.3 is 20.0 Å². The van der Waals surface area contributed by atoms with Crippen LogP contribution in [0.25, 0.3) is 0 Å². The number of aliphatic hydroxyl groups excluding tert-OH is 2. The predicted octanol–water partition coefficient (Wildman–Crippen LogP) is -1.85. The van der Waals surface area contributed by atoms with Gasteiger partial charge in [-0.1, -0.05) is 58.3 Å². The minimum absolute atomic E-state index is 0. The van der Waals surface area contributed by atoms with E-state index in [4.69, 9.17) is 0 Å². The average molecular weight is 390 g/mol. The predicted molar refractivity (Wildman–Crippen MR) is 94.9 cm³/mol. The molecule has 0 aliphatic heterocycles. The zero-order valence-corrected chi connectivity index (χ0v) is 19.3. The zero-order chi connectivity index (χ0) is 18.3. The van der Waals surface area contributed by atoms with Crippen molar-refractivity contribution in [1.82, 2.24) is 0 Å². The standard InChI is InChI=1S/C17H38NO5P.Na/c1-2-3-4-5-6-7-8-9-10-11-12-18(13-15-19,14-16-20)17-24(21,22)23;/h19-20H,2-17H2,1H3,(H-,21,22,23);/q;+1. The number of rotatable bonds is 17. The fourth-order valence-corrected chi connectivity index (χ4v) is 4.47. The molecule has 0 saturated heterocycles. The summed E-state index contributed by atoms with van der Waals surface area (Å²) in [4.78, 5) is 31.8. The van der Waals surface area contributed by atoms with Crippen molar-refractivity contribution in [2.75, 3.05) is 39.1 Å². The van der Waals surface area contributed by atoms with E-state index in [1.165, 1.54) is 44.9 Å². The molecule has 0 heterocycles. The fourth-order valence-electron chi connectivity index (χ4n) is 3.29. The van der Waals surface area contributed by atoms with E-state index in [2.05, 4.69) is 6.92 Å². The van der Waals surface area contributed by atoms with Crippen molar-refractivity contribution in [2.45, 2.75) is 71.1 Å². The molecule has 0 aromatic rings. The summed E-state index contributed by atoms with van der Waals surface area (Å²) in [7, 11) is -4.43. The molecule has 0 aromatic heterocycles. The third-order valence-electron chi connectivity index (χ3n) is 4.61. The van der Waals surface area contributed by atoms with Crippen LogP contribution >= 0.6 is 7.94 Å². The Bertz CT molecular complexity index is 287. The molecule has 0 radical (unpaired) electrons. The Labute approximate surface area is 176 Å². The maximum atomic E-state index is 11.3. The summed E-state index contributed by atoms with van der Waals surface area (Å²) < 4.78 is 0.0430. The second-order valence-corrected chi connectivity index (χ2v) is 8.48. The molecule has 3 N–H and O–H groups in total. The SMILES string of the molecule is CCCCCCCCCCCC[N+](CCO)(CCO)C[P+]([O-])([O-])O.[Na+]. The first-order valence-electron chi connectivity index (χ1n) is 9.49. The van der Waals surface area contributed by atoms with Crippen LogP contribution in [-0.4, -0.2) is 58.7 Å². The van der Waals surface area contributed by atoms with Crippen molar-refractivity contribution in [3.63, 3.8) is 0 Å². The number of nitrogens with zero attached hydrogens (tertiary/aromatic N) is 1. The molecule has 0 unspecified atom stereocenters. The van der Waals surface area contributed by atoms with Crippen molar-refractivity contribution in [1.29, 1.82) is 0 Å². The van der Waals surface area contributed by atoms with E-state index in [1.54, 1.807) is 0 Å². The van der Waals surface area contributed by atoms with Crippen molar-refractivity contribution in [2.24, 2.45) is 0 Å². The molecule has 0 saturated carbocycles. The molecule has 0 spiro atoms. The van der Waals surface area contributed by atoms with Gasteiger partial charge in [-0.15, -0.1) is 0 Å². The molecule has 0 aliphatic carbocycles. The van der Waals surface area contributed by atoms with Crippen molar-refractivity contribution < 1.29 is 58.9 Å². The van der Waals surface area contributed by atoms with Crippen LogP contribution < -0.4 is 39.3 Å². The Kier molecular flexibility index (Phi) is 19.7. The first-order valence-corrected chi connectivity index (χ1v) is 11.2. The first kappa shape index (κ1) is 28.4. The minimum Gasteiger partial charge on any atom is -0.655 e. The van der Waals surface area contributed by atoms with Gasteiger partial charge in [-0.2, -0.15) is 0 Å². The topological polar surface area (TPSA) is 107 Å². The summed E-state index contributed by atoms with van der Waals surface area (Å²) in [5.74, 6) is 0. The molecule has 0 aromatic carbocycles. The second kappa shape index (κ2) is 17.3. The monoisotopic (exact) mass is 390 g/mol. The van der Waals surface area contributed by atoms with Crippen LogP contribution in [0.2, 0.25) is 0 Å². The van der Waals surface area contributed by atoms with Crippen LogP contribution in [0, 0.1) is 0 Å². The van der Waals surface area contributed by atoms with Gasteiger partial charge in [-0.25, -0.2) is 0 Å². The van der Waals surface area contributed by atoms with E-state index in [0.717, 1.165) is 19.3 Å². The molecule has 6 nitrogen and oxygen atoms in total. The van der Waals surface area contributed by atoms with Crippen LogP contribution in [0.4, 0.5) is 0 Å². The molecule has 0 amide bonds. The van der Waals surface area contributed by atoms with Crippen LogP contribution in [0.5, 0.6) is 0 Å². The van der Waals surface area contributed by atoms with Crippen molar-refractivity contribution in [3.8, 4) is 0 Å². The van der Waals surface area contributed by atoms with Gasteiger partial charge in [-0.3, -0.25) is 9.38 Å². The molecule has 0 rings (SSSR count). The van der Waals surface area contributed by atoms with Gasteiger partial charge in [0, 0.05) is 0 Å². The van der Waals surface area contributed by atoms with Gasteiger partial charge in [-0.05, 0) is 12.8 Å².